The summed E-state index contributed by atoms with van der Waals surface area (Å²) in [6.07, 6.45) is 1.43. The first-order valence-electron chi connectivity index (χ1n) is 8.33. The van der Waals surface area contributed by atoms with Crippen molar-refractivity contribution in [3.05, 3.63) is 62.9 Å². The lowest BCUT2D eigenvalue weighted by molar-refractivity contribution is -0.116. The Kier molecular flexibility index (Phi) is 4.44. The van der Waals surface area contributed by atoms with Gasteiger partial charge in [0.1, 0.15) is 17.9 Å². The molecule has 0 spiro atoms. The fourth-order valence-electron chi connectivity index (χ4n) is 2.92. The van der Waals surface area contributed by atoms with Gasteiger partial charge in [0, 0.05) is 12.3 Å². The normalized spacial score (nSPS) is 11.1. The molecule has 0 saturated heterocycles. The number of aromatic nitrogens is 2. The van der Waals surface area contributed by atoms with Crippen LogP contribution in [0, 0.1) is 6.92 Å². The molecule has 1 N–H and O–H groups in total. The summed E-state index contributed by atoms with van der Waals surface area (Å²) in [4.78, 5) is 40.9. The van der Waals surface area contributed by atoms with Crippen molar-refractivity contribution in [2.24, 2.45) is 0 Å². The Labute approximate surface area is 162 Å². The first kappa shape index (κ1) is 17.9. The molecule has 3 aromatic heterocycles. The van der Waals surface area contributed by atoms with Crippen LogP contribution < -0.4 is 21.2 Å². The number of anilines is 1. The minimum atomic E-state index is -0.521. The molecule has 4 rings (SSSR count). The number of nitrogens with zero attached hydrogens (tertiary/aromatic N) is 2. The lowest BCUT2D eigenvalue weighted by atomic mass is 10.2. The van der Waals surface area contributed by atoms with Crippen LogP contribution in [0.15, 0.2) is 50.5 Å². The van der Waals surface area contributed by atoms with Gasteiger partial charge >= 0.3 is 5.63 Å². The van der Waals surface area contributed by atoms with Crippen molar-refractivity contribution in [1.29, 1.82) is 0 Å². The number of thiazole rings is 1. The van der Waals surface area contributed by atoms with Gasteiger partial charge in [-0.3, -0.25) is 9.59 Å². The molecule has 3 heterocycles. The number of ether oxygens (including phenoxy) is 1. The number of nitrogens with one attached hydrogen (secondary N) is 1. The zero-order valence-corrected chi connectivity index (χ0v) is 15.8. The second-order valence-corrected chi connectivity index (χ2v) is 7.17. The summed E-state index contributed by atoms with van der Waals surface area (Å²) in [7, 11) is 1.58. The molecule has 28 heavy (non-hydrogen) atoms. The van der Waals surface area contributed by atoms with E-state index in [2.05, 4.69) is 10.3 Å². The minimum Gasteiger partial charge on any atom is -0.497 e. The van der Waals surface area contributed by atoms with Gasteiger partial charge in [-0.2, -0.15) is 0 Å². The number of hydrogen-bond donors (Lipinski definition) is 1. The Hall–Kier alpha value is -3.46. The molecule has 0 atom stereocenters. The summed E-state index contributed by atoms with van der Waals surface area (Å²) in [5.74, 6) is 0.321. The van der Waals surface area contributed by atoms with Crippen LogP contribution >= 0.6 is 11.3 Å². The van der Waals surface area contributed by atoms with Crippen molar-refractivity contribution in [1.82, 2.24) is 9.55 Å². The lowest BCUT2D eigenvalue weighted by Gasteiger charge is -2.07. The number of carbonyl (C=O) groups is 1. The average molecular weight is 397 g/mol. The van der Waals surface area contributed by atoms with Crippen LogP contribution in [0.2, 0.25) is 0 Å². The average Bonchev–Trinajstić information content (AvgIpc) is 3.04. The van der Waals surface area contributed by atoms with Crippen LogP contribution in [-0.2, 0) is 11.3 Å². The van der Waals surface area contributed by atoms with E-state index in [-0.39, 0.29) is 23.4 Å². The van der Waals surface area contributed by atoms with Gasteiger partial charge in [-0.05, 0) is 36.8 Å². The van der Waals surface area contributed by atoms with Gasteiger partial charge in [0.2, 0.25) is 5.91 Å². The Morgan fingerprint density at radius 1 is 1.29 bits per heavy atom. The number of methoxy groups -OCH3 is 1. The number of pyridine rings is 1. The quantitative estimate of drug-likeness (QED) is 0.568. The molecule has 142 valence electrons. The highest BCUT2D eigenvalue weighted by Gasteiger charge is 2.13. The van der Waals surface area contributed by atoms with Crippen LogP contribution in [-0.4, -0.2) is 22.6 Å². The number of aryl methyl sites for hydroxylation is 1. The fourth-order valence-corrected chi connectivity index (χ4v) is 3.83. The molecule has 8 nitrogen and oxygen atoms in total. The summed E-state index contributed by atoms with van der Waals surface area (Å²) >= 11 is 1.32. The van der Waals surface area contributed by atoms with E-state index >= 15 is 0 Å². The van der Waals surface area contributed by atoms with E-state index in [1.54, 1.807) is 20.1 Å². The molecule has 4 aromatic rings. The number of carbonyl (C=O) groups excluding carboxylic acids is 1. The van der Waals surface area contributed by atoms with Crippen LogP contribution in [0.25, 0.3) is 21.2 Å². The molecule has 0 aliphatic heterocycles. The molecule has 0 radical (unpaired) electrons. The third-order valence-corrected chi connectivity index (χ3v) is 5.16. The van der Waals surface area contributed by atoms with Crippen molar-refractivity contribution in [3.8, 4) is 5.75 Å². The Morgan fingerprint density at radius 2 is 2.11 bits per heavy atom. The van der Waals surface area contributed by atoms with Gasteiger partial charge in [-0.25, -0.2) is 9.78 Å². The van der Waals surface area contributed by atoms with E-state index in [4.69, 9.17) is 9.15 Å². The highest BCUT2D eigenvalue weighted by molar-refractivity contribution is 7.22. The largest absolute Gasteiger partial charge is 0.497 e. The maximum Gasteiger partial charge on any atom is 0.336 e. The topological polar surface area (TPSA) is 103 Å². The molecule has 0 fully saturated rings. The van der Waals surface area contributed by atoms with Gasteiger partial charge in [-0.15, -0.1) is 0 Å². The Balaban J connectivity index is 1.59. The standard InChI is InChI=1S/C19H15N3O5S/c1-10-7-16(24)27-13-5-6-22(18(25)17(10)13)9-15(23)21-19-20-12-4-3-11(26-2)8-14(12)28-19/h3-8H,9H2,1-2H3,(H,20,21,23). The highest BCUT2D eigenvalue weighted by Crippen LogP contribution is 2.29. The second-order valence-electron chi connectivity index (χ2n) is 6.14. The summed E-state index contributed by atoms with van der Waals surface area (Å²) in [6, 6.07) is 8.20. The number of benzene rings is 1. The van der Waals surface area contributed by atoms with Crippen molar-refractivity contribution < 1.29 is 13.9 Å². The number of rotatable bonds is 4. The Morgan fingerprint density at radius 3 is 2.89 bits per heavy atom. The zero-order chi connectivity index (χ0) is 19.8. The second kappa shape index (κ2) is 6.93. The zero-order valence-electron chi connectivity index (χ0n) is 15.0. The van der Waals surface area contributed by atoms with E-state index < -0.39 is 11.2 Å². The van der Waals surface area contributed by atoms with Gasteiger partial charge < -0.3 is 19.0 Å². The molecular formula is C19H15N3O5S. The van der Waals surface area contributed by atoms with Gasteiger partial charge in [0.25, 0.3) is 5.56 Å². The highest BCUT2D eigenvalue weighted by atomic mass is 32.1. The van der Waals surface area contributed by atoms with Gasteiger partial charge in [0.05, 0.1) is 22.7 Å². The summed E-state index contributed by atoms with van der Waals surface area (Å²) in [5.41, 5.74) is 0.530. The molecular weight excluding hydrogens is 382 g/mol. The summed E-state index contributed by atoms with van der Waals surface area (Å²) in [5, 5.41) is 3.42. The molecule has 0 aliphatic carbocycles. The lowest BCUT2D eigenvalue weighted by Crippen LogP contribution is -2.27. The van der Waals surface area contributed by atoms with Crippen molar-refractivity contribution in [3.63, 3.8) is 0 Å². The first-order valence-corrected chi connectivity index (χ1v) is 9.14. The number of amides is 1. The van der Waals surface area contributed by atoms with Crippen LogP contribution in [0.5, 0.6) is 5.75 Å². The molecule has 0 bridgehead atoms. The Bertz CT molecular complexity index is 1340. The predicted octanol–water partition coefficient (Wildman–Crippen LogP) is 2.52. The van der Waals surface area contributed by atoms with Crippen LogP contribution in [0.4, 0.5) is 5.13 Å². The fraction of sp³-hybridized carbons (Fsp3) is 0.158. The van der Waals surface area contributed by atoms with Crippen LogP contribution in [0.3, 0.4) is 0 Å². The predicted molar refractivity (Wildman–Crippen MR) is 106 cm³/mol. The molecule has 0 aliphatic rings. The van der Waals surface area contributed by atoms with E-state index in [1.807, 2.05) is 12.1 Å². The third kappa shape index (κ3) is 3.27. The minimum absolute atomic E-state index is 0.188. The van der Waals surface area contributed by atoms with E-state index in [1.165, 1.54) is 34.2 Å². The van der Waals surface area contributed by atoms with Crippen molar-refractivity contribution >= 4 is 43.6 Å². The number of hydrogen-bond acceptors (Lipinski definition) is 7. The molecule has 1 amide bonds. The monoisotopic (exact) mass is 397 g/mol. The SMILES string of the molecule is COc1ccc2nc(NC(=O)Cn3ccc4oc(=O)cc(C)c4c3=O)sc2c1. The maximum absolute atomic E-state index is 12.7. The van der Waals surface area contributed by atoms with E-state index in [9.17, 15) is 14.4 Å². The first-order chi connectivity index (χ1) is 13.4. The summed E-state index contributed by atoms with van der Waals surface area (Å²) in [6.45, 7) is 1.47. The van der Waals surface area contributed by atoms with Crippen molar-refractivity contribution in [2.45, 2.75) is 13.5 Å². The number of fused-ring (bicyclic) bond motifs is 2. The van der Waals surface area contributed by atoms with E-state index in [0.717, 1.165) is 10.2 Å². The summed E-state index contributed by atoms with van der Waals surface area (Å²) < 4.78 is 12.4. The maximum atomic E-state index is 12.7. The molecule has 0 saturated carbocycles. The third-order valence-electron chi connectivity index (χ3n) is 4.22. The molecule has 0 unspecified atom stereocenters. The van der Waals surface area contributed by atoms with E-state index in [0.29, 0.717) is 16.4 Å². The molecule has 9 heteroatoms. The van der Waals surface area contributed by atoms with Gasteiger partial charge in [0.15, 0.2) is 5.13 Å². The smallest absolute Gasteiger partial charge is 0.336 e. The van der Waals surface area contributed by atoms with Gasteiger partial charge in [-0.1, -0.05) is 11.3 Å². The van der Waals surface area contributed by atoms with Crippen LogP contribution in [0.1, 0.15) is 5.56 Å². The molecule has 1 aromatic carbocycles. The van der Waals surface area contributed by atoms with Crippen molar-refractivity contribution in [2.75, 3.05) is 12.4 Å².